The molecule has 0 saturated carbocycles. The maximum absolute atomic E-state index is 12.7. The number of phenols is 1. The lowest BCUT2D eigenvalue weighted by molar-refractivity contribution is -0.141. The molecule has 0 bridgehead atoms. The second kappa shape index (κ2) is 8.54. The highest BCUT2D eigenvalue weighted by Gasteiger charge is 2.34. The number of nitrogens with zero attached hydrogens (tertiary/aromatic N) is 2. The average Bonchev–Trinajstić information content (AvgIpc) is 3.10. The predicted molar refractivity (Wildman–Crippen MR) is 111 cm³/mol. The summed E-state index contributed by atoms with van der Waals surface area (Å²) < 4.78 is 25.9. The molecule has 2 aromatic carbocycles. The zero-order valence-corrected chi connectivity index (χ0v) is 17.0. The van der Waals surface area contributed by atoms with Gasteiger partial charge in [-0.05, 0) is 23.8 Å². The van der Waals surface area contributed by atoms with Gasteiger partial charge in [-0.15, -0.1) is 0 Å². The summed E-state index contributed by atoms with van der Waals surface area (Å²) >= 11 is 0. The number of hydrogen-bond acceptors (Lipinski definition) is 6. The monoisotopic (exact) mass is 431 g/mol. The second-order valence-electron chi connectivity index (χ2n) is 6.91. The van der Waals surface area contributed by atoms with Crippen LogP contribution in [0.4, 0.5) is 5.69 Å². The molecule has 1 aliphatic rings. The number of carboxylic acid groups (broad SMARTS) is 1. The van der Waals surface area contributed by atoms with Crippen LogP contribution in [0.3, 0.4) is 0 Å². The van der Waals surface area contributed by atoms with E-state index in [0.29, 0.717) is 22.5 Å². The van der Waals surface area contributed by atoms with E-state index in [9.17, 15) is 23.1 Å². The molecule has 0 radical (unpaired) electrons. The van der Waals surface area contributed by atoms with Gasteiger partial charge in [-0.25, -0.2) is 13.4 Å². The highest BCUT2D eigenvalue weighted by molar-refractivity contribution is 7.92. The van der Waals surface area contributed by atoms with Crippen LogP contribution in [0.1, 0.15) is 36.4 Å². The summed E-state index contributed by atoms with van der Waals surface area (Å²) in [7, 11) is -3.53. The third-order valence-corrected chi connectivity index (χ3v) is 5.10. The van der Waals surface area contributed by atoms with Gasteiger partial charge in [0.25, 0.3) is 0 Å². The average molecular weight is 431 g/mol. The van der Waals surface area contributed by atoms with Gasteiger partial charge in [-0.2, -0.15) is 5.10 Å². The number of hydrogen-bond donors (Lipinski definition) is 3. The largest absolute Gasteiger partial charge is 0.508 e. The first-order chi connectivity index (χ1) is 14.1. The van der Waals surface area contributed by atoms with Gasteiger partial charge < -0.3 is 10.2 Å². The highest BCUT2D eigenvalue weighted by atomic mass is 32.2. The van der Waals surface area contributed by atoms with E-state index >= 15 is 0 Å². The third kappa shape index (κ3) is 5.15. The molecular weight excluding hydrogens is 410 g/mol. The van der Waals surface area contributed by atoms with Crippen molar-refractivity contribution in [2.45, 2.75) is 25.3 Å². The molecule has 158 valence electrons. The van der Waals surface area contributed by atoms with Crippen LogP contribution in [0, 0.1) is 0 Å². The Morgan fingerprint density at radius 2 is 1.90 bits per heavy atom. The molecular formula is C20H21N3O6S. The maximum atomic E-state index is 12.7. The lowest BCUT2D eigenvalue weighted by atomic mass is 9.97. The number of aromatic hydroxyl groups is 1. The number of phenolic OH excluding ortho intramolecular Hbond substituents is 1. The molecule has 0 aromatic heterocycles. The second-order valence-corrected chi connectivity index (χ2v) is 8.66. The number of carboxylic acids is 1. The molecule has 1 heterocycles. The molecule has 0 aliphatic carbocycles. The fourth-order valence-corrected chi connectivity index (χ4v) is 3.82. The van der Waals surface area contributed by atoms with Gasteiger partial charge in [0.1, 0.15) is 5.75 Å². The highest BCUT2D eigenvalue weighted by Crippen LogP contribution is 2.36. The van der Waals surface area contributed by atoms with Crippen LogP contribution in [0.2, 0.25) is 0 Å². The Balaban J connectivity index is 1.99. The van der Waals surface area contributed by atoms with Gasteiger partial charge in [0, 0.05) is 18.4 Å². The number of hydrazone groups is 1. The molecule has 0 unspecified atom stereocenters. The lowest BCUT2D eigenvalue weighted by Gasteiger charge is -2.22. The van der Waals surface area contributed by atoms with Crippen LogP contribution in [0.15, 0.2) is 53.6 Å². The van der Waals surface area contributed by atoms with E-state index in [1.54, 1.807) is 36.4 Å². The minimum Gasteiger partial charge on any atom is -0.508 e. The number of aliphatic carboxylic acids is 1. The first kappa shape index (κ1) is 21.3. The van der Waals surface area contributed by atoms with Crippen molar-refractivity contribution in [1.29, 1.82) is 0 Å². The zero-order valence-electron chi connectivity index (χ0n) is 16.1. The molecule has 10 heteroatoms. The molecule has 3 N–H and O–H groups in total. The van der Waals surface area contributed by atoms with Crippen molar-refractivity contribution in [3.63, 3.8) is 0 Å². The minimum atomic E-state index is -3.53. The lowest BCUT2D eigenvalue weighted by Crippen LogP contribution is -2.27. The summed E-state index contributed by atoms with van der Waals surface area (Å²) in [6.07, 6.45) is 0.742. The number of para-hydroxylation sites is 1. The summed E-state index contributed by atoms with van der Waals surface area (Å²) in [5, 5.41) is 24.3. The number of rotatable bonds is 7. The standard InChI is InChI=1S/C20H21N3O6S/c1-30(28,29)22-16-8-3-2-7-15(16)17-12-18(13-5-4-6-14(24)11-13)23(21-17)19(25)9-10-20(26)27/h2-8,11,18,22,24H,9-10,12H2,1H3,(H,26,27)/t18-/m0/s1. The first-order valence-corrected chi connectivity index (χ1v) is 11.0. The third-order valence-electron chi connectivity index (χ3n) is 4.51. The van der Waals surface area contributed by atoms with Crippen LogP contribution in [-0.4, -0.2) is 47.5 Å². The normalized spacial score (nSPS) is 16.2. The Hall–Kier alpha value is -3.40. The number of nitrogens with one attached hydrogen (secondary N) is 1. The van der Waals surface area contributed by atoms with Crippen LogP contribution in [0.25, 0.3) is 0 Å². The summed E-state index contributed by atoms with van der Waals surface area (Å²) in [4.78, 5) is 23.6. The van der Waals surface area contributed by atoms with Gasteiger partial charge in [-0.1, -0.05) is 30.3 Å². The van der Waals surface area contributed by atoms with Crippen LogP contribution < -0.4 is 4.72 Å². The van der Waals surface area contributed by atoms with Gasteiger partial charge in [-0.3, -0.25) is 14.3 Å². The van der Waals surface area contributed by atoms with Crippen LogP contribution >= 0.6 is 0 Å². The fourth-order valence-electron chi connectivity index (χ4n) is 3.25. The van der Waals surface area contributed by atoms with E-state index < -0.39 is 27.9 Å². The number of sulfonamides is 1. The number of benzene rings is 2. The van der Waals surface area contributed by atoms with E-state index in [-0.39, 0.29) is 25.0 Å². The van der Waals surface area contributed by atoms with Gasteiger partial charge in [0.15, 0.2) is 0 Å². The van der Waals surface area contributed by atoms with Crippen molar-refractivity contribution < 1.29 is 28.2 Å². The summed E-state index contributed by atoms with van der Waals surface area (Å²) in [5.41, 5.74) is 1.94. The van der Waals surface area contributed by atoms with E-state index in [0.717, 1.165) is 6.26 Å². The van der Waals surface area contributed by atoms with E-state index in [1.165, 1.54) is 17.1 Å². The molecule has 30 heavy (non-hydrogen) atoms. The Labute approximate surface area is 173 Å². The maximum Gasteiger partial charge on any atom is 0.303 e. The van der Waals surface area contributed by atoms with Crippen molar-refractivity contribution in [2.75, 3.05) is 11.0 Å². The van der Waals surface area contributed by atoms with E-state index in [4.69, 9.17) is 5.11 Å². The van der Waals surface area contributed by atoms with Crippen LogP contribution in [0.5, 0.6) is 5.75 Å². The molecule has 1 aliphatic heterocycles. The Morgan fingerprint density at radius 3 is 2.57 bits per heavy atom. The van der Waals surface area contributed by atoms with Crippen molar-refractivity contribution >= 4 is 33.3 Å². The van der Waals surface area contributed by atoms with Crippen molar-refractivity contribution in [1.82, 2.24) is 5.01 Å². The molecule has 1 amide bonds. The molecule has 2 aromatic rings. The minimum absolute atomic E-state index is 0.0260. The SMILES string of the molecule is CS(=O)(=O)Nc1ccccc1C1=NN(C(=O)CCC(=O)O)[C@H](c2cccc(O)c2)C1. The van der Waals surface area contributed by atoms with E-state index in [2.05, 4.69) is 9.82 Å². The first-order valence-electron chi connectivity index (χ1n) is 9.11. The van der Waals surface area contributed by atoms with Gasteiger partial charge in [0.2, 0.25) is 15.9 Å². The Kier molecular flexibility index (Phi) is 6.06. The Bertz CT molecular complexity index is 1110. The number of carbonyl (C=O) groups is 2. The van der Waals surface area contributed by atoms with Crippen molar-refractivity contribution in [2.24, 2.45) is 5.10 Å². The topological polar surface area (TPSA) is 136 Å². The molecule has 1 atom stereocenters. The van der Waals surface area contributed by atoms with Crippen LogP contribution in [-0.2, 0) is 19.6 Å². The van der Waals surface area contributed by atoms with Gasteiger partial charge >= 0.3 is 5.97 Å². The quantitative estimate of drug-likeness (QED) is 0.615. The smallest absolute Gasteiger partial charge is 0.303 e. The number of amides is 1. The van der Waals surface area contributed by atoms with Crippen molar-refractivity contribution in [3.8, 4) is 5.75 Å². The Morgan fingerprint density at radius 1 is 1.17 bits per heavy atom. The molecule has 3 rings (SSSR count). The number of anilines is 1. The summed E-state index contributed by atoms with van der Waals surface area (Å²) in [6.45, 7) is 0. The molecule has 0 fully saturated rings. The predicted octanol–water partition coefficient (Wildman–Crippen LogP) is 2.31. The zero-order chi connectivity index (χ0) is 21.9. The summed E-state index contributed by atoms with van der Waals surface area (Å²) in [5.74, 6) is -1.55. The molecule has 0 saturated heterocycles. The fraction of sp³-hybridized carbons (Fsp3) is 0.250. The number of carbonyl (C=O) groups excluding carboxylic acids is 1. The summed E-state index contributed by atoms with van der Waals surface area (Å²) in [6, 6.07) is 12.5. The van der Waals surface area contributed by atoms with Gasteiger partial charge in [0.05, 0.1) is 30.1 Å². The molecule has 0 spiro atoms. The van der Waals surface area contributed by atoms with E-state index in [1.807, 2.05) is 0 Å². The molecule has 9 nitrogen and oxygen atoms in total. The van der Waals surface area contributed by atoms with Crippen molar-refractivity contribution in [3.05, 3.63) is 59.7 Å².